The molecule has 0 unspecified atom stereocenters. The number of carbonyl (C=O) groups excluding carboxylic acids is 1. The lowest BCUT2D eigenvalue weighted by Crippen LogP contribution is -2.33. The van der Waals surface area contributed by atoms with Gasteiger partial charge >= 0.3 is 6.18 Å². The standard InChI is InChI=1S/C27H34F3N3O3S/c1-3-25-24-12-7-19(26(34)32-14-22-10-11-23(15-31-22)37(35,36)4-2)13-20(24)17-33(25)16-18-5-8-21(9-6-18)27(28,29)30/h7,10-13,15,18,21,25H,3-6,8-9,14,16-17H2,1-2H3,(H,32,34)/t18?,21?,25-/m1/s1. The maximum Gasteiger partial charge on any atom is 0.391 e. The van der Waals surface area contributed by atoms with Crippen LogP contribution in [0.25, 0.3) is 0 Å². The number of fused-ring (bicyclic) bond motifs is 1. The largest absolute Gasteiger partial charge is 0.391 e. The third kappa shape index (κ3) is 6.34. The van der Waals surface area contributed by atoms with Gasteiger partial charge in [0.05, 0.1) is 28.8 Å². The highest BCUT2D eigenvalue weighted by Gasteiger charge is 2.42. The van der Waals surface area contributed by atoms with Crippen LogP contribution in [-0.4, -0.2) is 42.7 Å². The Morgan fingerprint density at radius 1 is 1.11 bits per heavy atom. The van der Waals surface area contributed by atoms with E-state index in [9.17, 15) is 26.4 Å². The summed E-state index contributed by atoms with van der Waals surface area (Å²) in [5.41, 5.74) is 3.35. The molecule has 2 aromatic rings. The predicted octanol–water partition coefficient (Wildman–Crippen LogP) is 5.44. The third-order valence-corrected chi connectivity index (χ3v) is 9.45. The zero-order valence-electron chi connectivity index (χ0n) is 21.2. The van der Waals surface area contributed by atoms with Gasteiger partial charge in [-0.2, -0.15) is 13.2 Å². The molecule has 0 spiro atoms. The number of rotatable bonds is 8. The molecule has 0 saturated heterocycles. The van der Waals surface area contributed by atoms with E-state index in [1.54, 1.807) is 19.1 Å². The fourth-order valence-corrected chi connectivity index (χ4v) is 6.37. The maximum atomic E-state index is 13.0. The number of benzene rings is 1. The van der Waals surface area contributed by atoms with Crippen LogP contribution < -0.4 is 5.32 Å². The smallest absolute Gasteiger partial charge is 0.346 e. The number of nitrogens with one attached hydrogen (secondary N) is 1. The van der Waals surface area contributed by atoms with Gasteiger partial charge in [0.1, 0.15) is 0 Å². The van der Waals surface area contributed by atoms with Crippen molar-refractivity contribution in [3.63, 3.8) is 0 Å². The summed E-state index contributed by atoms with van der Waals surface area (Å²) in [5, 5.41) is 2.84. The summed E-state index contributed by atoms with van der Waals surface area (Å²) in [6, 6.07) is 8.99. The molecule has 6 nitrogen and oxygen atoms in total. The molecule has 202 valence electrons. The van der Waals surface area contributed by atoms with Crippen molar-refractivity contribution in [2.45, 2.75) is 76.2 Å². The molecule has 10 heteroatoms. The highest BCUT2D eigenvalue weighted by Crippen LogP contribution is 2.42. The first kappa shape index (κ1) is 27.6. The Bertz CT molecular complexity index is 1210. The van der Waals surface area contributed by atoms with Gasteiger partial charge in [0.2, 0.25) is 0 Å². The van der Waals surface area contributed by atoms with E-state index in [0.717, 1.165) is 18.5 Å². The second kappa shape index (κ2) is 11.1. The maximum absolute atomic E-state index is 13.0. The molecular weight excluding hydrogens is 503 g/mol. The molecule has 0 radical (unpaired) electrons. The Kier molecular flexibility index (Phi) is 8.28. The first-order valence-corrected chi connectivity index (χ1v) is 14.6. The van der Waals surface area contributed by atoms with Gasteiger partial charge in [0.25, 0.3) is 5.91 Å². The van der Waals surface area contributed by atoms with Crippen LogP contribution in [0.4, 0.5) is 13.2 Å². The highest BCUT2D eigenvalue weighted by molar-refractivity contribution is 7.91. The summed E-state index contributed by atoms with van der Waals surface area (Å²) < 4.78 is 62.9. The number of nitrogens with zero attached hydrogens (tertiary/aromatic N) is 2. The molecule has 1 aromatic heterocycles. The predicted molar refractivity (Wildman–Crippen MR) is 135 cm³/mol. The zero-order valence-corrected chi connectivity index (χ0v) is 22.0. The van der Waals surface area contributed by atoms with Crippen LogP contribution >= 0.6 is 0 Å². The molecule has 1 aliphatic carbocycles. The Labute approximate surface area is 216 Å². The van der Waals surface area contributed by atoms with Crippen molar-refractivity contribution in [2.75, 3.05) is 12.3 Å². The van der Waals surface area contributed by atoms with Crippen LogP contribution in [0.1, 0.15) is 79.2 Å². The second-order valence-electron chi connectivity index (χ2n) is 10.1. The number of aromatic nitrogens is 1. The SMILES string of the molecule is CC[C@@H]1c2ccc(C(=O)NCc3ccc(S(=O)(=O)CC)cn3)cc2CN1CC1CCC(C(F)(F)F)CC1. The average molecular weight is 538 g/mol. The molecule has 1 atom stereocenters. The second-order valence-corrected chi connectivity index (χ2v) is 12.4. The van der Waals surface area contributed by atoms with E-state index in [1.165, 1.54) is 17.8 Å². The van der Waals surface area contributed by atoms with E-state index < -0.39 is 21.9 Å². The van der Waals surface area contributed by atoms with Gasteiger partial charge in [0, 0.05) is 30.9 Å². The van der Waals surface area contributed by atoms with Crippen molar-refractivity contribution in [1.82, 2.24) is 15.2 Å². The number of alkyl halides is 3. The molecule has 1 N–H and O–H groups in total. The average Bonchev–Trinajstić information content (AvgIpc) is 3.23. The number of amides is 1. The third-order valence-electron chi connectivity index (χ3n) is 7.73. The number of sulfone groups is 1. The van der Waals surface area contributed by atoms with Crippen LogP contribution in [0, 0.1) is 11.8 Å². The van der Waals surface area contributed by atoms with Crippen LogP contribution in [0.5, 0.6) is 0 Å². The molecule has 37 heavy (non-hydrogen) atoms. The van der Waals surface area contributed by atoms with Gasteiger partial charge in [-0.1, -0.05) is 19.9 Å². The topological polar surface area (TPSA) is 79.4 Å². The van der Waals surface area contributed by atoms with Crippen LogP contribution in [0.3, 0.4) is 0 Å². The van der Waals surface area contributed by atoms with E-state index in [1.807, 2.05) is 12.1 Å². The van der Waals surface area contributed by atoms with Gasteiger partial charge in [-0.15, -0.1) is 0 Å². The fourth-order valence-electron chi connectivity index (χ4n) is 5.55. The summed E-state index contributed by atoms with van der Waals surface area (Å²) in [5.74, 6) is -1.15. The summed E-state index contributed by atoms with van der Waals surface area (Å²) in [7, 11) is -3.32. The zero-order chi connectivity index (χ0) is 26.8. The number of hydrogen-bond donors (Lipinski definition) is 1. The van der Waals surface area contributed by atoms with Crippen molar-refractivity contribution in [2.24, 2.45) is 11.8 Å². The molecule has 1 aliphatic heterocycles. The molecule has 2 aliphatic rings. The van der Waals surface area contributed by atoms with Crippen molar-refractivity contribution < 1.29 is 26.4 Å². The van der Waals surface area contributed by atoms with Gasteiger partial charge in [-0.05, 0) is 73.4 Å². The number of hydrogen-bond acceptors (Lipinski definition) is 5. The van der Waals surface area contributed by atoms with Crippen LogP contribution in [0.15, 0.2) is 41.4 Å². The summed E-state index contributed by atoms with van der Waals surface area (Å²) >= 11 is 0. The minimum absolute atomic E-state index is 0.00140. The van der Waals surface area contributed by atoms with E-state index in [-0.39, 0.29) is 47.9 Å². The van der Waals surface area contributed by atoms with Gasteiger partial charge < -0.3 is 5.32 Å². The normalized spacial score (nSPS) is 22.6. The van der Waals surface area contributed by atoms with Crippen molar-refractivity contribution in [1.29, 1.82) is 0 Å². The summed E-state index contributed by atoms with van der Waals surface area (Å²) in [6.07, 6.45) is -0.269. The number of pyridine rings is 1. The molecular formula is C27H34F3N3O3S. The minimum Gasteiger partial charge on any atom is -0.346 e. The summed E-state index contributed by atoms with van der Waals surface area (Å²) in [6.45, 7) is 5.31. The van der Waals surface area contributed by atoms with Gasteiger partial charge in [-0.3, -0.25) is 14.7 Å². The molecule has 1 amide bonds. The monoisotopic (exact) mass is 537 g/mol. The first-order valence-electron chi connectivity index (χ1n) is 12.9. The number of halogens is 3. The molecule has 1 saturated carbocycles. The fraction of sp³-hybridized carbons (Fsp3) is 0.556. The molecule has 2 heterocycles. The lowest BCUT2D eigenvalue weighted by Gasteiger charge is -2.34. The lowest BCUT2D eigenvalue weighted by molar-refractivity contribution is -0.184. The highest BCUT2D eigenvalue weighted by atomic mass is 32.2. The first-order chi connectivity index (χ1) is 17.5. The van der Waals surface area contributed by atoms with E-state index in [0.29, 0.717) is 30.6 Å². The Morgan fingerprint density at radius 2 is 1.84 bits per heavy atom. The van der Waals surface area contributed by atoms with Gasteiger partial charge in [0.15, 0.2) is 9.84 Å². The lowest BCUT2D eigenvalue weighted by atomic mass is 9.81. The quantitative estimate of drug-likeness (QED) is 0.485. The Balaban J connectivity index is 1.35. The Hall–Kier alpha value is -2.46. The molecule has 1 fully saturated rings. The van der Waals surface area contributed by atoms with Crippen molar-refractivity contribution >= 4 is 15.7 Å². The van der Waals surface area contributed by atoms with Crippen molar-refractivity contribution in [3.8, 4) is 0 Å². The van der Waals surface area contributed by atoms with Crippen LogP contribution in [0.2, 0.25) is 0 Å². The summed E-state index contributed by atoms with van der Waals surface area (Å²) in [4.78, 5) is 19.5. The molecule has 1 aromatic carbocycles. The van der Waals surface area contributed by atoms with E-state index >= 15 is 0 Å². The Morgan fingerprint density at radius 3 is 2.43 bits per heavy atom. The van der Waals surface area contributed by atoms with Gasteiger partial charge in [-0.25, -0.2) is 8.42 Å². The van der Waals surface area contributed by atoms with Crippen molar-refractivity contribution in [3.05, 3.63) is 58.9 Å². The molecule has 4 rings (SSSR count). The molecule has 0 bridgehead atoms. The van der Waals surface area contributed by atoms with E-state index in [4.69, 9.17) is 0 Å². The van der Waals surface area contributed by atoms with E-state index in [2.05, 4.69) is 22.1 Å². The minimum atomic E-state index is -4.09. The number of carbonyl (C=O) groups is 1. The van der Waals surface area contributed by atoms with Crippen LogP contribution in [-0.2, 0) is 22.9 Å².